The zero-order valence-corrected chi connectivity index (χ0v) is 10.7. The molecule has 1 aromatic heterocycles. The Hall–Kier alpha value is -1.66. The first-order valence-corrected chi connectivity index (χ1v) is 5.73. The summed E-state index contributed by atoms with van der Waals surface area (Å²) in [6.07, 6.45) is 0. The maximum atomic E-state index is 10.8. The van der Waals surface area contributed by atoms with Gasteiger partial charge in [-0.05, 0) is 13.0 Å². The number of hydrogen-bond donors (Lipinski definition) is 0. The highest BCUT2D eigenvalue weighted by molar-refractivity contribution is 6.34. The summed E-state index contributed by atoms with van der Waals surface area (Å²) in [5, 5.41) is 16.0. The number of non-ortho nitro benzene ring substituents is 1. The lowest BCUT2D eigenvalue weighted by Gasteiger charge is -2.11. The average Bonchev–Trinajstić information content (AvgIpc) is 2.67. The van der Waals surface area contributed by atoms with Gasteiger partial charge in [0.15, 0.2) is 5.15 Å². The van der Waals surface area contributed by atoms with Crippen LogP contribution in [0.4, 0.5) is 5.69 Å². The van der Waals surface area contributed by atoms with Crippen LogP contribution in [-0.2, 0) is 4.74 Å². The Labute approximate surface area is 108 Å². The summed E-state index contributed by atoms with van der Waals surface area (Å²) < 4.78 is 6.70. The summed E-state index contributed by atoms with van der Waals surface area (Å²) in [4.78, 5) is 10.3. The standard InChI is InChI=1S/C11H12ClN3O3/c1-7(6-18-2)14-10-5-8(15(16)17)3-4-9(10)11(12)13-14/h3-5,7H,6H2,1-2H3. The van der Waals surface area contributed by atoms with E-state index in [1.165, 1.54) is 12.1 Å². The largest absolute Gasteiger partial charge is 0.382 e. The number of methoxy groups -OCH3 is 1. The molecule has 0 amide bonds. The van der Waals surface area contributed by atoms with Crippen LogP contribution >= 0.6 is 11.6 Å². The minimum Gasteiger partial charge on any atom is -0.382 e. The van der Waals surface area contributed by atoms with E-state index < -0.39 is 4.92 Å². The van der Waals surface area contributed by atoms with Gasteiger partial charge in [-0.1, -0.05) is 11.6 Å². The number of aromatic nitrogens is 2. The van der Waals surface area contributed by atoms with Crippen LogP contribution < -0.4 is 0 Å². The van der Waals surface area contributed by atoms with Crippen LogP contribution in [0.5, 0.6) is 0 Å². The molecule has 0 saturated carbocycles. The Balaban J connectivity index is 2.59. The van der Waals surface area contributed by atoms with Crippen LogP contribution in [0.25, 0.3) is 10.9 Å². The number of nitro benzene ring substituents is 1. The zero-order chi connectivity index (χ0) is 13.3. The second-order valence-electron chi connectivity index (χ2n) is 4.00. The van der Waals surface area contributed by atoms with Crippen molar-refractivity contribution in [2.45, 2.75) is 13.0 Å². The number of nitrogens with zero attached hydrogens (tertiary/aromatic N) is 3. The van der Waals surface area contributed by atoms with Gasteiger partial charge in [-0.3, -0.25) is 14.8 Å². The molecule has 0 spiro atoms. The normalized spacial score (nSPS) is 12.8. The summed E-state index contributed by atoms with van der Waals surface area (Å²) >= 11 is 6.01. The molecule has 0 N–H and O–H groups in total. The minimum absolute atomic E-state index is 0.0185. The maximum absolute atomic E-state index is 10.8. The van der Waals surface area contributed by atoms with Gasteiger partial charge in [-0.2, -0.15) is 5.10 Å². The molecular weight excluding hydrogens is 258 g/mol. The van der Waals surface area contributed by atoms with E-state index in [0.29, 0.717) is 22.7 Å². The number of nitro groups is 1. The van der Waals surface area contributed by atoms with Gasteiger partial charge in [-0.15, -0.1) is 0 Å². The molecule has 2 rings (SSSR count). The Kier molecular flexibility index (Phi) is 3.49. The van der Waals surface area contributed by atoms with Gasteiger partial charge in [0.1, 0.15) is 0 Å². The molecule has 1 aromatic carbocycles. The van der Waals surface area contributed by atoms with Gasteiger partial charge in [0.05, 0.1) is 23.1 Å². The number of rotatable bonds is 4. The molecular formula is C11H12ClN3O3. The van der Waals surface area contributed by atoms with Crippen molar-refractivity contribution in [1.82, 2.24) is 9.78 Å². The van der Waals surface area contributed by atoms with Gasteiger partial charge in [-0.25, -0.2) is 0 Å². The third kappa shape index (κ3) is 2.16. The Morgan fingerprint density at radius 3 is 2.94 bits per heavy atom. The van der Waals surface area contributed by atoms with Crippen molar-refractivity contribution in [1.29, 1.82) is 0 Å². The molecule has 7 heteroatoms. The number of hydrogen-bond acceptors (Lipinski definition) is 4. The maximum Gasteiger partial charge on any atom is 0.271 e. The Bertz CT molecular complexity index is 596. The van der Waals surface area contributed by atoms with Crippen molar-refractivity contribution in [3.8, 4) is 0 Å². The average molecular weight is 270 g/mol. The first kappa shape index (κ1) is 12.8. The highest BCUT2D eigenvalue weighted by Gasteiger charge is 2.16. The predicted octanol–water partition coefficient (Wildman–Crippen LogP) is 2.81. The van der Waals surface area contributed by atoms with E-state index in [4.69, 9.17) is 16.3 Å². The molecule has 0 saturated heterocycles. The third-order valence-electron chi connectivity index (χ3n) is 2.68. The van der Waals surface area contributed by atoms with E-state index in [1.807, 2.05) is 6.92 Å². The predicted molar refractivity (Wildman–Crippen MR) is 68.0 cm³/mol. The molecule has 1 atom stereocenters. The van der Waals surface area contributed by atoms with E-state index in [0.717, 1.165) is 0 Å². The van der Waals surface area contributed by atoms with Crippen LogP contribution in [0.2, 0.25) is 5.15 Å². The van der Waals surface area contributed by atoms with Crippen molar-refractivity contribution < 1.29 is 9.66 Å². The Morgan fingerprint density at radius 2 is 2.33 bits per heavy atom. The smallest absolute Gasteiger partial charge is 0.271 e. The summed E-state index contributed by atoms with van der Waals surface area (Å²) in [6, 6.07) is 4.45. The van der Waals surface area contributed by atoms with Crippen LogP contribution in [0.1, 0.15) is 13.0 Å². The van der Waals surface area contributed by atoms with Crippen molar-refractivity contribution >= 4 is 28.2 Å². The molecule has 0 aliphatic carbocycles. The fourth-order valence-electron chi connectivity index (χ4n) is 1.85. The molecule has 1 unspecified atom stereocenters. The molecule has 1 heterocycles. The number of fused-ring (bicyclic) bond motifs is 1. The van der Waals surface area contributed by atoms with Crippen LogP contribution in [0.15, 0.2) is 18.2 Å². The topological polar surface area (TPSA) is 70.2 Å². The second-order valence-corrected chi connectivity index (χ2v) is 4.36. The van der Waals surface area contributed by atoms with E-state index in [9.17, 15) is 10.1 Å². The minimum atomic E-state index is -0.439. The van der Waals surface area contributed by atoms with Gasteiger partial charge in [0, 0.05) is 24.6 Å². The number of halogens is 1. The highest BCUT2D eigenvalue weighted by atomic mass is 35.5. The molecule has 2 aromatic rings. The van der Waals surface area contributed by atoms with Gasteiger partial charge in [0.2, 0.25) is 0 Å². The van der Waals surface area contributed by atoms with E-state index >= 15 is 0 Å². The summed E-state index contributed by atoms with van der Waals surface area (Å²) in [5.41, 5.74) is 0.656. The summed E-state index contributed by atoms with van der Waals surface area (Å²) in [7, 11) is 1.59. The second kappa shape index (κ2) is 4.91. The van der Waals surface area contributed by atoms with Crippen molar-refractivity contribution in [2.24, 2.45) is 0 Å². The highest BCUT2D eigenvalue weighted by Crippen LogP contribution is 2.28. The zero-order valence-electron chi connectivity index (χ0n) is 9.96. The lowest BCUT2D eigenvalue weighted by atomic mass is 10.2. The molecule has 18 heavy (non-hydrogen) atoms. The first-order chi connectivity index (χ1) is 8.54. The molecule has 0 aliphatic rings. The summed E-state index contributed by atoms with van der Waals surface area (Å²) in [5.74, 6) is 0. The van der Waals surface area contributed by atoms with Gasteiger partial charge < -0.3 is 4.74 Å². The number of benzene rings is 1. The first-order valence-electron chi connectivity index (χ1n) is 5.35. The van der Waals surface area contributed by atoms with Gasteiger partial charge in [0.25, 0.3) is 5.69 Å². The third-order valence-corrected chi connectivity index (χ3v) is 2.96. The molecule has 6 nitrogen and oxygen atoms in total. The molecule has 0 radical (unpaired) electrons. The molecule has 0 fully saturated rings. The number of ether oxygens (including phenoxy) is 1. The monoisotopic (exact) mass is 269 g/mol. The van der Waals surface area contributed by atoms with Crippen molar-refractivity contribution in [2.75, 3.05) is 13.7 Å². The van der Waals surface area contributed by atoms with E-state index in [-0.39, 0.29) is 11.7 Å². The SMILES string of the molecule is COCC(C)n1nc(Cl)c2ccc([N+](=O)[O-])cc21. The van der Waals surface area contributed by atoms with Crippen LogP contribution in [0, 0.1) is 10.1 Å². The molecule has 0 aliphatic heterocycles. The van der Waals surface area contributed by atoms with Crippen LogP contribution in [-0.4, -0.2) is 28.4 Å². The van der Waals surface area contributed by atoms with E-state index in [1.54, 1.807) is 17.9 Å². The fraction of sp³-hybridized carbons (Fsp3) is 0.364. The summed E-state index contributed by atoms with van der Waals surface area (Å²) in [6.45, 7) is 2.36. The quantitative estimate of drug-likeness (QED) is 0.632. The molecule has 96 valence electrons. The fourth-order valence-corrected chi connectivity index (χ4v) is 2.09. The Morgan fingerprint density at radius 1 is 1.61 bits per heavy atom. The van der Waals surface area contributed by atoms with Crippen molar-refractivity contribution in [3.63, 3.8) is 0 Å². The lowest BCUT2D eigenvalue weighted by molar-refractivity contribution is -0.384. The van der Waals surface area contributed by atoms with Gasteiger partial charge >= 0.3 is 0 Å². The molecule has 0 bridgehead atoms. The van der Waals surface area contributed by atoms with Crippen LogP contribution in [0.3, 0.4) is 0 Å². The van der Waals surface area contributed by atoms with Crippen molar-refractivity contribution in [3.05, 3.63) is 33.5 Å². The lowest BCUT2D eigenvalue weighted by Crippen LogP contribution is -2.12. The van der Waals surface area contributed by atoms with E-state index in [2.05, 4.69) is 5.10 Å².